The van der Waals surface area contributed by atoms with E-state index in [0.29, 0.717) is 25.8 Å². The summed E-state index contributed by atoms with van der Waals surface area (Å²) in [5.41, 5.74) is 3.85. The van der Waals surface area contributed by atoms with Gasteiger partial charge < -0.3 is 29.8 Å². The van der Waals surface area contributed by atoms with Gasteiger partial charge in [-0.2, -0.15) is 0 Å². The number of carbonyl (C=O) groups is 3. The molecule has 3 atom stereocenters. The Labute approximate surface area is 275 Å². The molecule has 0 bridgehead atoms. The van der Waals surface area contributed by atoms with E-state index >= 15 is 0 Å². The molecule has 0 fully saturated rings. The highest BCUT2D eigenvalue weighted by Gasteiger charge is 2.32. The number of amides is 3. The number of carbonyl (C=O) groups excluding carboxylic acids is 3. The van der Waals surface area contributed by atoms with Crippen LogP contribution in [0, 0.1) is 5.92 Å². The number of aromatic nitrogens is 1. The van der Waals surface area contributed by atoms with Gasteiger partial charge in [-0.25, -0.2) is 9.78 Å². The average Bonchev–Trinajstić information content (AvgIpc) is 3.59. The summed E-state index contributed by atoms with van der Waals surface area (Å²) < 4.78 is 11.0. The number of fused-ring (bicyclic) bond motifs is 1. The third kappa shape index (κ3) is 9.07. The highest BCUT2D eigenvalue weighted by Crippen LogP contribution is 2.29. The molecular weight excluding hydrogens is 596 g/mol. The summed E-state index contributed by atoms with van der Waals surface area (Å²) in [6.07, 6.45) is 2.13. The molecule has 47 heavy (non-hydrogen) atoms. The first kappa shape index (κ1) is 33.4. The lowest BCUT2D eigenvalue weighted by molar-refractivity contribution is -0.125. The molecule has 10 nitrogen and oxygen atoms in total. The summed E-state index contributed by atoms with van der Waals surface area (Å²) in [5.74, 6) is -0.791. The van der Waals surface area contributed by atoms with Gasteiger partial charge >= 0.3 is 6.09 Å². The average molecular weight is 639 g/mol. The van der Waals surface area contributed by atoms with Crippen LogP contribution in [-0.4, -0.2) is 46.6 Å². The second kappa shape index (κ2) is 16.0. The van der Waals surface area contributed by atoms with E-state index in [4.69, 9.17) is 9.15 Å². The second-order valence-electron chi connectivity index (χ2n) is 12.2. The van der Waals surface area contributed by atoms with Crippen molar-refractivity contribution in [2.75, 3.05) is 11.4 Å². The van der Waals surface area contributed by atoms with Crippen molar-refractivity contribution in [2.45, 2.75) is 70.7 Å². The number of benzene rings is 3. The van der Waals surface area contributed by atoms with Gasteiger partial charge in [-0.15, -0.1) is 0 Å². The van der Waals surface area contributed by atoms with E-state index in [2.05, 4.69) is 15.6 Å². The molecule has 246 valence electrons. The molecule has 0 radical (unpaired) electrons. The van der Waals surface area contributed by atoms with Crippen molar-refractivity contribution in [1.29, 1.82) is 0 Å². The highest BCUT2D eigenvalue weighted by molar-refractivity contribution is 6.05. The number of rotatable bonds is 13. The van der Waals surface area contributed by atoms with Gasteiger partial charge in [-0.3, -0.25) is 9.59 Å². The van der Waals surface area contributed by atoms with E-state index in [1.165, 1.54) is 6.26 Å². The van der Waals surface area contributed by atoms with Crippen molar-refractivity contribution < 1.29 is 28.6 Å². The Bertz CT molecular complexity index is 1620. The van der Waals surface area contributed by atoms with Crippen molar-refractivity contribution in [3.05, 3.63) is 119 Å². The third-order valence-electron chi connectivity index (χ3n) is 8.17. The first-order valence-electron chi connectivity index (χ1n) is 16.1. The predicted octanol–water partition coefficient (Wildman–Crippen LogP) is 5.76. The molecule has 0 saturated heterocycles. The number of hydrogen-bond donors (Lipinski definition) is 3. The zero-order valence-electron chi connectivity index (χ0n) is 26.8. The Balaban J connectivity index is 1.30. The Morgan fingerprint density at radius 2 is 1.62 bits per heavy atom. The van der Waals surface area contributed by atoms with Crippen molar-refractivity contribution in [2.24, 2.45) is 5.92 Å². The molecule has 3 amide bonds. The highest BCUT2D eigenvalue weighted by atomic mass is 16.5. The van der Waals surface area contributed by atoms with Crippen LogP contribution in [0.2, 0.25) is 0 Å². The van der Waals surface area contributed by atoms with Crippen molar-refractivity contribution >= 4 is 23.6 Å². The van der Waals surface area contributed by atoms with Gasteiger partial charge in [0.2, 0.25) is 11.8 Å². The maximum atomic E-state index is 13.7. The van der Waals surface area contributed by atoms with Gasteiger partial charge in [0, 0.05) is 12.2 Å². The van der Waals surface area contributed by atoms with E-state index in [1.807, 2.05) is 98.8 Å². The maximum Gasteiger partial charge on any atom is 0.408 e. The van der Waals surface area contributed by atoms with Gasteiger partial charge in [0.05, 0.1) is 6.04 Å². The molecule has 0 aliphatic carbocycles. The van der Waals surface area contributed by atoms with Crippen LogP contribution in [-0.2, 0) is 29.0 Å². The zero-order chi connectivity index (χ0) is 33.2. The van der Waals surface area contributed by atoms with Gasteiger partial charge in [0.15, 0.2) is 11.8 Å². The molecule has 0 saturated carbocycles. The van der Waals surface area contributed by atoms with Crippen molar-refractivity contribution in [3.63, 3.8) is 0 Å². The van der Waals surface area contributed by atoms with Crippen LogP contribution < -0.4 is 15.5 Å². The number of para-hydroxylation sites is 1. The molecular formula is C37H42N4O6. The second-order valence-corrected chi connectivity index (χ2v) is 12.2. The van der Waals surface area contributed by atoms with E-state index in [-0.39, 0.29) is 30.0 Å². The van der Waals surface area contributed by atoms with Gasteiger partial charge in [-0.1, -0.05) is 92.7 Å². The summed E-state index contributed by atoms with van der Waals surface area (Å²) in [5, 5.41) is 17.1. The lowest BCUT2D eigenvalue weighted by Gasteiger charge is -2.28. The molecule has 1 aliphatic heterocycles. The molecule has 1 aromatic heterocycles. The van der Waals surface area contributed by atoms with Gasteiger partial charge in [-0.05, 0) is 60.8 Å². The number of ether oxygens (including phenoxy) is 1. The molecule has 5 rings (SSSR count). The molecule has 2 heterocycles. The van der Waals surface area contributed by atoms with Crippen LogP contribution >= 0.6 is 0 Å². The number of anilines is 1. The van der Waals surface area contributed by atoms with Crippen LogP contribution in [0.5, 0.6) is 0 Å². The number of nitrogens with zero attached hydrogens (tertiary/aromatic N) is 2. The summed E-state index contributed by atoms with van der Waals surface area (Å²) >= 11 is 0. The fourth-order valence-corrected chi connectivity index (χ4v) is 5.75. The molecule has 1 aliphatic rings. The number of nitrogens with one attached hydrogen (secondary N) is 2. The normalized spacial score (nSPS) is 14.5. The van der Waals surface area contributed by atoms with Crippen LogP contribution in [0.4, 0.5) is 10.5 Å². The van der Waals surface area contributed by atoms with Crippen LogP contribution in [0.3, 0.4) is 0 Å². The Morgan fingerprint density at radius 1 is 0.936 bits per heavy atom. The standard InChI is InChI=1S/C37H42N4O6/c1-25(2)22-30(40-37(45)47-23-27-14-7-4-8-15-27)34(43)38-29(20-19-26-12-5-3-6-13-26)33(42)35-39-31(24-46-35)36(44)41-21-11-17-28-16-9-10-18-32(28)41/h3-10,12-16,18,24-25,29-30,33,42H,11,17,19-23H2,1-2H3,(H,38,43)(H,40,45). The topological polar surface area (TPSA) is 134 Å². The number of oxazole rings is 1. The van der Waals surface area contributed by atoms with E-state index in [9.17, 15) is 19.5 Å². The van der Waals surface area contributed by atoms with Gasteiger partial charge in [0.1, 0.15) is 18.9 Å². The fourth-order valence-electron chi connectivity index (χ4n) is 5.75. The number of aliphatic hydroxyl groups excluding tert-OH is 1. The van der Waals surface area contributed by atoms with Crippen LogP contribution in [0.1, 0.15) is 72.3 Å². The lowest BCUT2D eigenvalue weighted by atomic mass is 9.99. The van der Waals surface area contributed by atoms with E-state index in [0.717, 1.165) is 35.2 Å². The summed E-state index contributed by atoms with van der Waals surface area (Å²) in [6.45, 7) is 4.51. The maximum absolute atomic E-state index is 13.7. The minimum absolute atomic E-state index is 0.0648. The minimum atomic E-state index is -1.36. The fraction of sp³-hybridized carbons (Fsp3) is 0.351. The number of alkyl carbamates (subject to hydrolysis) is 1. The molecule has 3 N–H and O–H groups in total. The lowest BCUT2D eigenvalue weighted by Crippen LogP contribution is -2.51. The summed E-state index contributed by atoms with van der Waals surface area (Å²) in [4.78, 5) is 46.0. The Hall–Kier alpha value is -4.96. The molecule has 0 spiro atoms. The zero-order valence-corrected chi connectivity index (χ0v) is 26.8. The van der Waals surface area contributed by atoms with Crippen molar-refractivity contribution in [1.82, 2.24) is 15.6 Å². The third-order valence-corrected chi connectivity index (χ3v) is 8.17. The van der Waals surface area contributed by atoms with Crippen LogP contribution in [0.25, 0.3) is 0 Å². The molecule has 4 aromatic rings. The SMILES string of the molecule is CC(C)CC(NC(=O)OCc1ccccc1)C(=O)NC(CCc1ccccc1)C(O)c1nc(C(=O)N2CCCc3ccccc32)co1. The summed E-state index contributed by atoms with van der Waals surface area (Å²) in [6, 6.07) is 25.0. The molecule has 3 aromatic carbocycles. The minimum Gasteiger partial charge on any atom is -0.445 e. The van der Waals surface area contributed by atoms with E-state index < -0.39 is 30.2 Å². The van der Waals surface area contributed by atoms with Crippen LogP contribution in [0.15, 0.2) is 95.6 Å². The number of aliphatic hydroxyl groups is 1. The molecule has 3 unspecified atom stereocenters. The van der Waals surface area contributed by atoms with Gasteiger partial charge in [0.25, 0.3) is 5.91 Å². The Kier molecular flexibility index (Phi) is 11.4. The van der Waals surface area contributed by atoms with Crippen molar-refractivity contribution in [3.8, 4) is 0 Å². The first-order chi connectivity index (χ1) is 22.8. The number of hydrogen-bond acceptors (Lipinski definition) is 7. The summed E-state index contributed by atoms with van der Waals surface area (Å²) in [7, 11) is 0. The van der Waals surface area contributed by atoms with E-state index in [1.54, 1.807) is 4.90 Å². The quantitative estimate of drug-likeness (QED) is 0.170. The number of aryl methyl sites for hydroxylation is 2. The predicted molar refractivity (Wildman–Crippen MR) is 178 cm³/mol. The Morgan fingerprint density at radius 3 is 2.34 bits per heavy atom. The smallest absolute Gasteiger partial charge is 0.408 e. The largest absolute Gasteiger partial charge is 0.445 e. The molecule has 10 heteroatoms. The first-order valence-corrected chi connectivity index (χ1v) is 16.1. The monoisotopic (exact) mass is 638 g/mol.